The number of nitrogens with one attached hydrogen (secondary N) is 1. The third-order valence-electron chi connectivity index (χ3n) is 2.03. The summed E-state index contributed by atoms with van der Waals surface area (Å²) in [5.41, 5.74) is -0.294. The van der Waals surface area contributed by atoms with Gasteiger partial charge in [0.25, 0.3) is 0 Å². The van der Waals surface area contributed by atoms with Gasteiger partial charge in [-0.3, -0.25) is 9.36 Å². The van der Waals surface area contributed by atoms with Crippen molar-refractivity contribution in [2.24, 2.45) is 0 Å². The van der Waals surface area contributed by atoms with Crippen LogP contribution in [0.25, 0.3) is 0 Å². The maximum Gasteiger partial charge on any atom is 0.344 e. The van der Waals surface area contributed by atoms with Crippen molar-refractivity contribution in [3.8, 4) is 0 Å². The van der Waals surface area contributed by atoms with Crippen LogP contribution in [-0.2, 0) is 4.79 Å². The molecule has 7 heteroatoms. The number of aromatic amines is 1. The fourth-order valence-electron chi connectivity index (χ4n) is 1.09. The van der Waals surface area contributed by atoms with Gasteiger partial charge in [-0.05, 0) is 13.3 Å². The van der Waals surface area contributed by atoms with Gasteiger partial charge < -0.3 is 5.11 Å². The standard InChI is InChI=1S/C8H13N3O3S/c1-3-5(2)11-7(14)9-10-8(11)15-4-6(12)13/h5H,3-4H2,1-2H3,(H,9,14)(H,12,13). The van der Waals surface area contributed by atoms with E-state index < -0.39 is 5.97 Å². The number of carbonyl (C=O) groups is 1. The smallest absolute Gasteiger partial charge is 0.344 e. The monoisotopic (exact) mass is 231 g/mol. The van der Waals surface area contributed by atoms with Crippen molar-refractivity contribution in [2.75, 3.05) is 5.75 Å². The summed E-state index contributed by atoms with van der Waals surface area (Å²) in [5, 5.41) is 15.1. The Morgan fingerprint density at radius 3 is 2.93 bits per heavy atom. The van der Waals surface area contributed by atoms with Gasteiger partial charge >= 0.3 is 11.7 Å². The lowest BCUT2D eigenvalue weighted by molar-refractivity contribution is -0.133. The molecule has 0 fully saturated rings. The van der Waals surface area contributed by atoms with E-state index in [1.54, 1.807) is 0 Å². The Balaban J connectivity index is 2.88. The summed E-state index contributed by atoms with van der Waals surface area (Å²) in [4.78, 5) is 21.8. The lowest BCUT2D eigenvalue weighted by Gasteiger charge is -2.10. The summed E-state index contributed by atoms with van der Waals surface area (Å²) in [6, 6.07) is 0.0209. The van der Waals surface area contributed by atoms with E-state index in [2.05, 4.69) is 10.2 Å². The average molecular weight is 231 g/mol. The van der Waals surface area contributed by atoms with Gasteiger partial charge in [0.1, 0.15) is 0 Å². The van der Waals surface area contributed by atoms with Gasteiger partial charge in [-0.1, -0.05) is 18.7 Å². The molecule has 1 atom stereocenters. The lowest BCUT2D eigenvalue weighted by Crippen LogP contribution is -2.21. The minimum absolute atomic E-state index is 0.0209. The van der Waals surface area contributed by atoms with Crippen LogP contribution >= 0.6 is 11.8 Å². The van der Waals surface area contributed by atoms with Crippen LogP contribution in [0.4, 0.5) is 0 Å². The minimum Gasteiger partial charge on any atom is -0.481 e. The molecule has 1 aromatic heterocycles. The molecule has 0 radical (unpaired) electrons. The van der Waals surface area contributed by atoms with Crippen LogP contribution in [0.5, 0.6) is 0 Å². The Bertz CT molecular complexity index is 398. The van der Waals surface area contributed by atoms with E-state index in [0.29, 0.717) is 5.16 Å². The van der Waals surface area contributed by atoms with Crippen LogP contribution in [0.3, 0.4) is 0 Å². The number of aromatic nitrogens is 3. The predicted molar refractivity (Wildman–Crippen MR) is 56.2 cm³/mol. The quantitative estimate of drug-likeness (QED) is 0.729. The molecule has 0 bridgehead atoms. The molecular weight excluding hydrogens is 218 g/mol. The summed E-state index contributed by atoms with van der Waals surface area (Å²) < 4.78 is 1.48. The number of aliphatic carboxylic acids is 1. The Hall–Kier alpha value is -1.24. The van der Waals surface area contributed by atoms with Crippen molar-refractivity contribution < 1.29 is 9.90 Å². The SMILES string of the molecule is CCC(C)n1c(SCC(=O)O)n[nH]c1=O. The molecule has 0 aliphatic rings. The first-order chi connectivity index (χ1) is 7.06. The molecule has 84 valence electrons. The molecule has 15 heavy (non-hydrogen) atoms. The van der Waals surface area contributed by atoms with Gasteiger partial charge in [0, 0.05) is 6.04 Å². The first kappa shape index (κ1) is 11.8. The second-order valence-corrected chi connectivity index (χ2v) is 4.06. The Morgan fingerprint density at radius 2 is 2.40 bits per heavy atom. The Kier molecular flexibility index (Phi) is 3.96. The van der Waals surface area contributed by atoms with Crippen LogP contribution < -0.4 is 5.69 Å². The van der Waals surface area contributed by atoms with Gasteiger partial charge in [-0.15, -0.1) is 5.10 Å². The van der Waals surface area contributed by atoms with E-state index in [-0.39, 0.29) is 17.5 Å². The fourth-order valence-corrected chi connectivity index (χ4v) is 1.85. The maximum absolute atomic E-state index is 11.4. The highest BCUT2D eigenvalue weighted by atomic mass is 32.2. The van der Waals surface area contributed by atoms with Crippen molar-refractivity contribution in [3.63, 3.8) is 0 Å². The van der Waals surface area contributed by atoms with E-state index >= 15 is 0 Å². The van der Waals surface area contributed by atoms with Crippen molar-refractivity contribution in [1.29, 1.82) is 0 Å². The minimum atomic E-state index is -0.925. The molecule has 0 aliphatic carbocycles. The first-order valence-electron chi connectivity index (χ1n) is 4.57. The van der Waals surface area contributed by atoms with E-state index in [1.165, 1.54) is 4.57 Å². The number of hydrogen-bond acceptors (Lipinski definition) is 4. The fraction of sp³-hybridized carbons (Fsp3) is 0.625. The van der Waals surface area contributed by atoms with Crippen molar-refractivity contribution in [1.82, 2.24) is 14.8 Å². The van der Waals surface area contributed by atoms with Crippen LogP contribution in [0.1, 0.15) is 26.3 Å². The van der Waals surface area contributed by atoms with Crippen LogP contribution in [0, 0.1) is 0 Å². The Labute approximate surface area is 90.7 Å². The van der Waals surface area contributed by atoms with Gasteiger partial charge in [-0.25, -0.2) is 9.89 Å². The summed E-state index contributed by atoms with van der Waals surface area (Å²) in [5.74, 6) is -1.02. The normalized spacial score (nSPS) is 12.7. The molecule has 1 rings (SSSR count). The highest BCUT2D eigenvalue weighted by Gasteiger charge is 2.14. The van der Waals surface area contributed by atoms with Crippen molar-refractivity contribution in [3.05, 3.63) is 10.5 Å². The van der Waals surface area contributed by atoms with E-state index in [1.807, 2.05) is 13.8 Å². The third kappa shape index (κ3) is 2.85. The summed E-state index contributed by atoms with van der Waals surface area (Å²) in [7, 11) is 0. The maximum atomic E-state index is 11.4. The zero-order chi connectivity index (χ0) is 11.4. The highest BCUT2D eigenvalue weighted by Crippen LogP contribution is 2.18. The highest BCUT2D eigenvalue weighted by molar-refractivity contribution is 7.99. The Morgan fingerprint density at radius 1 is 1.73 bits per heavy atom. The average Bonchev–Trinajstić information content (AvgIpc) is 2.55. The van der Waals surface area contributed by atoms with Gasteiger partial charge in [0.2, 0.25) is 0 Å². The van der Waals surface area contributed by atoms with Crippen LogP contribution in [-0.4, -0.2) is 31.6 Å². The molecule has 0 saturated heterocycles. The number of hydrogen-bond donors (Lipinski definition) is 2. The molecule has 0 spiro atoms. The number of thioether (sulfide) groups is 1. The number of nitrogens with zero attached hydrogens (tertiary/aromatic N) is 2. The molecule has 1 aromatic rings. The van der Waals surface area contributed by atoms with Crippen LogP contribution in [0.2, 0.25) is 0 Å². The molecule has 1 heterocycles. The van der Waals surface area contributed by atoms with E-state index in [4.69, 9.17) is 5.11 Å². The number of carboxylic acids is 1. The second-order valence-electron chi connectivity index (χ2n) is 3.12. The molecule has 2 N–H and O–H groups in total. The summed E-state index contributed by atoms with van der Waals surface area (Å²) in [6.45, 7) is 3.84. The van der Waals surface area contributed by atoms with Crippen LogP contribution in [0.15, 0.2) is 9.95 Å². The van der Waals surface area contributed by atoms with Crippen molar-refractivity contribution in [2.45, 2.75) is 31.5 Å². The van der Waals surface area contributed by atoms with Gasteiger partial charge in [0.05, 0.1) is 5.75 Å². The second kappa shape index (κ2) is 5.01. The molecule has 0 aliphatic heterocycles. The molecule has 0 aromatic carbocycles. The zero-order valence-electron chi connectivity index (χ0n) is 8.56. The molecule has 0 saturated carbocycles. The lowest BCUT2D eigenvalue weighted by atomic mass is 10.3. The van der Waals surface area contributed by atoms with Gasteiger partial charge in [-0.2, -0.15) is 0 Å². The number of rotatable bonds is 5. The third-order valence-corrected chi connectivity index (χ3v) is 2.97. The number of carboxylic acid groups (broad SMARTS) is 1. The number of H-pyrrole nitrogens is 1. The predicted octanol–water partition coefficient (Wildman–Crippen LogP) is 0.719. The molecule has 0 amide bonds. The molecule has 1 unspecified atom stereocenters. The van der Waals surface area contributed by atoms with Crippen molar-refractivity contribution >= 4 is 17.7 Å². The molecule has 6 nitrogen and oxygen atoms in total. The van der Waals surface area contributed by atoms with Gasteiger partial charge in [0.15, 0.2) is 5.16 Å². The molecular formula is C8H13N3O3S. The largest absolute Gasteiger partial charge is 0.481 e. The summed E-state index contributed by atoms with van der Waals surface area (Å²) >= 11 is 1.04. The topological polar surface area (TPSA) is 88.0 Å². The van der Waals surface area contributed by atoms with E-state index in [9.17, 15) is 9.59 Å². The summed E-state index contributed by atoms with van der Waals surface area (Å²) in [6.07, 6.45) is 0.792. The van der Waals surface area contributed by atoms with E-state index in [0.717, 1.165) is 18.2 Å². The first-order valence-corrected chi connectivity index (χ1v) is 5.56. The zero-order valence-corrected chi connectivity index (χ0v) is 9.37.